The van der Waals surface area contributed by atoms with Gasteiger partial charge in [0.15, 0.2) is 0 Å². The lowest BCUT2D eigenvalue weighted by atomic mass is 9.89. The van der Waals surface area contributed by atoms with Crippen molar-refractivity contribution in [2.45, 2.75) is 57.9 Å². The van der Waals surface area contributed by atoms with E-state index in [0.29, 0.717) is 18.3 Å². The van der Waals surface area contributed by atoms with Crippen LogP contribution in [-0.2, 0) is 6.54 Å². The molecule has 0 saturated carbocycles. The van der Waals surface area contributed by atoms with Crippen LogP contribution in [0.1, 0.15) is 67.3 Å². The standard InChI is InChI=1S/C28H36N2O3/c1-2-3-6-16-30-21-26(25-11-4-5-12-27(25)30)22-13-17-29(18-14-22)15-8-19-33-24-10-7-9-23(20-24)28(31)32/h4-5,7,9-12,20-22H,2-3,6,8,13-19H2,1H3,(H,31,32). The molecule has 3 aromatic rings. The summed E-state index contributed by atoms with van der Waals surface area (Å²) in [6, 6.07) is 15.6. The van der Waals surface area contributed by atoms with Crippen LogP contribution in [0.4, 0.5) is 0 Å². The Bertz CT molecular complexity index is 1050. The maximum Gasteiger partial charge on any atom is 0.335 e. The van der Waals surface area contributed by atoms with Gasteiger partial charge in [-0.25, -0.2) is 4.79 Å². The van der Waals surface area contributed by atoms with E-state index in [2.05, 4.69) is 46.9 Å². The molecule has 5 nitrogen and oxygen atoms in total. The summed E-state index contributed by atoms with van der Waals surface area (Å²) in [4.78, 5) is 13.6. The van der Waals surface area contributed by atoms with Crippen LogP contribution in [0.3, 0.4) is 0 Å². The fourth-order valence-electron chi connectivity index (χ4n) is 4.98. The minimum Gasteiger partial charge on any atom is -0.494 e. The van der Waals surface area contributed by atoms with Gasteiger partial charge in [0.1, 0.15) is 5.75 Å². The van der Waals surface area contributed by atoms with Gasteiger partial charge in [0.05, 0.1) is 12.2 Å². The van der Waals surface area contributed by atoms with E-state index in [9.17, 15) is 4.79 Å². The third-order valence-electron chi connectivity index (χ3n) is 6.82. The summed E-state index contributed by atoms with van der Waals surface area (Å²) in [7, 11) is 0. The van der Waals surface area contributed by atoms with E-state index < -0.39 is 5.97 Å². The number of carbonyl (C=O) groups is 1. The molecule has 1 aromatic heterocycles. The van der Waals surface area contributed by atoms with Gasteiger partial charge in [-0.3, -0.25) is 0 Å². The highest BCUT2D eigenvalue weighted by Gasteiger charge is 2.23. The molecule has 2 heterocycles. The molecule has 5 heteroatoms. The minimum absolute atomic E-state index is 0.265. The molecule has 4 rings (SSSR count). The van der Waals surface area contributed by atoms with E-state index in [0.717, 1.165) is 32.6 Å². The number of nitrogens with zero attached hydrogens (tertiary/aromatic N) is 2. The largest absolute Gasteiger partial charge is 0.494 e. The number of fused-ring (bicyclic) bond motifs is 1. The molecule has 0 bridgehead atoms. The van der Waals surface area contributed by atoms with Crippen LogP contribution in [0.2, 0.25) is 0 Å². The smallest absolute Gasteiger partial charge is 0.335 e. The van der Waals surface area contributed by atoms with E-state index in [1.165, 1.54) is 48.6 Å². The molecule has 0 aliphatic carbocycles. The Morgan fingerprint density at radius 2 is 1.85 bits per heavy atom. The predicted octanol–water partition coefficient (Wildman–Crippen LogP) is 6.18. The lowest BCUT2D eigenvalue weighted by Gasteiger charge is -2.32. The molecule has 0 unspecified atom stereocenters. The minimum atomic E-state index is -0.924. The van der Waals surface area contributed by atoms with Crippen molar-refractivity contribution in [1.82, 2.24) is 9.47 Å². The molecule has 0 amide bonds. The van der Waals surface area contributed by atoms with Gasteiger partial charge < -0.3 is 19.3 Å². The van der Waals surface area contributed by atoms with Crippen molar-refractivity contribution in [2.75, 3.05) is 26.2 Å². The second-order valence-corrected chi connectivity index (χ2v) is 9.15. The number of carboxylic acid groups (broad SMARTS) is 1. The number of hydrogen-bond acceptors (Lipinski definition) is 3. The number of para-hydroxylation sites is 1. The zero-order valence-electron chi connectivity index (χ0n) is 19.7. The Balaban J connectivity index is 1.26. The summed E-state index contributed by atoms with van der Waals surface area (Å²) in [6.45, 7) is 7.24. The molecule has 0 radical (unpaired) electrons. The van der Waals surface area contributed by atoms with Crippen LogP contribution in [0.25, 0.3) is 10.9 Å². The number of rotatable bonds is 11. The van der Waals surface area contributed by atoms with E-state index in [1.54, 1.807) is 18.2 Å². The fraction of sp³-hybridized carbons (Fsp3) is 0.464. The van der Waals surface area contributed by atoms with Crippen molar-refractivity contribution in [3.63, 3.8) is 0 Å². The summed E-state index contributed by atoms with van der Waals surface area (Å²) in [5.41, 5.74) is 3.18. The molecule has 0 spiro atoms. The Hall–Kier alpha value is -2.79. The van der Waals surface area contributed by atoms with Crippen LogP contribution < -0.4 is 4.74 Å². The first-order valence-electron chi connectivity index (χ1n) is 12.4. The third-order valence-corrected chi connectivity index (χ3v) is 6.82. The average Bonchev–Trinajstić information content (AvgIpc) is 3.21. The van der Waals surface area contributed by atoms with E-state index >= 15 is 0 Å². The van der Waals surface area contributed by atoms with Gasteiger partial charge in [0.2, 0.25) is 0 Å². The number of carboxylic acids is 1. The predicted molar refractivity (Wildman–Crippen MR) is 133 cm³/mol. The number of aromatic carboxylic acids is 1. The first-order valence-corrected chi connectivity index (χ1v) is 12.4. The maximum atomic E-state index is 11.1. The van der Waals surface area contributed by atoms with Crippen molar-refractivity contribution < 1.29 is 14.6 Å². The topological polar surface area (TPSA) is 54.7 Å². The highest BCUT2D eigenvalue weighted by atomic mass is 16.5. The van der Waals surface area contributed by atoms with Gasteiger partial charge >= 0.3 is 5.97 Å². The third kappa shape index (κ3) is 5.97. The second-order valence-electron chi connectivity index (χ2n) is 9.15. The normalized spacial score (nSPS) is 15.2. The lowest BCUT2D eigenvalue weighted by Crippen LogP contribution is -2.34. The maximum absolute atomic E-state index is 11.1. The number of aromatic nitrogens is 1. The van der Waals surface area contributed by atoms with Gasteiger partial charge in [-0.2, -0.15) is 0 Å². The van der Waals surface area contributed by atoms with Crippen LogP contribution >= 0.6 is 0 Å². The molecule has 1 aliphatic rings. The van der Waals surface area contributed by atoms with Crippen LogP contribution in [0.15, 0.2) is 54.7 Å². The molecule has 1 aliphatic heterocycles. The molecule has 1 N–H and O–H groups in total. The molecule has 176 valence electrons. The Labute approximate surface area is 197 Å². The van der Waals surface area contributed by atoms with Crippen LogP contribution in [-0.4, -0.2) is 46.8 Å². The second kappa shape index (κ2) is 11.4. The Kier molecular flexibility index (Phi) is 8.05. The number of hydrogen-bond donors (Lipinski definition) is 1. The molecule has 0 atom stereocenters. The highest BCUT2D eigenvalue weighted by molar-refractivity contribution is 5.88. The van der Waals surface area contributed by atoms with Gasteiger partial charge in [-0.05, 0) is 74.5 Å². The summed E-state index contributed by atoms with van der Waals surface area (Å²) >= 11 is 0. The van der Waals surface area contributed by atoms with E-state index in [4.69, 9.17) is 9.84 Å². The van der Waals surface area contributed by atoms with E-state index in [-0.39, 0.29) is 5.56 Å². The number of ether oxygens (including phenoxy) is 1. The number of unbranched alkanes of at least 4 members (excludes halogenated alkanes) is 2. The SMILES string of the molecule is CCCCCn1cc(C2CCN(CCCOc3cccc(C(=O)O)c3)CC2)c2ccccc21. The quantitative estimate of drug-likeness (QED) is 0.356. The Morgan fingerprint density at radius 1 is 1.03 bits per heavy atom. The van der Waals surface area contributed by atoms with Crippen LogP contribution in [0.5, 0.6) is 5.75 Å². The molecule has 1 fully saturated rings. The van der Waals surface area contributed by atoms with Crippen molar-refractivity contribution in [3.8, 4) is 5.75 Å². The average molecular weight is 449 g/mol. The van der Waals surface area contributed by atoms with Gasteiger partial charge in [0.25, 0.3) is 0 Å². The highest BCUT2D eigenvalue weighted by Crippen LogP contribution is 2.34. The zero-order chi connectivity index (χ0) is 23.0. The molecule has 2 aromatic carbocycles. The van der Waals surface area contributed by atoms with Crippen molar-refractivity contribution in [2.24, 2.45) is 0 Å². The molecular formula is C28H36N2O3. The van der Waals surface area contributed by atoms with Crippen molar-refractivity contribution in [3.05, 3.63) is 65.9 Å². The summed E-state index contributed by atoms with van der Waals surface area (Å²) in [5, 5.41) is 10.5. The summed E-state index contributed by atoms with van der Waals surface area (Å²) in [6.07, 6.45) is 9.56. The van der Waals surface area contributed by atoms with Crippen molar-refractivity contribution in [1.29, 1.82) is 0 Å². The number of aryl methyl sites for hydroxylation is 1. The summed E-state index contributed by atoms with van der Waals surface area (Å²) in [5.74, 6) is 0.338. The number of likely N-dealkylation sites (tertiary alicyclic amines) is 1. The monoisotopic (exact) mass is 448 g/mol. The van der Waals surface area contributed by atoms with Gasteiger partial charge in [0, 0.05) is 30.2 Å². The number of benzene rings is 2. The summed E-state index contributed by atoms with van der Waals surface area (Å²) < 4.78 is 8.25. The first-order chi connectivity index (χ1) is 16.2. The van der Waals surface area contributed by atoms with Crippen molar-refractivity contribution >= 4 is 16.9 Å². The Morgan fingerprint density at radius 3 is 2.64 bits per heavy atom. The molecule has 1 saturated heterocycles. The molecular weight excluding hydrogens is 412 g/mol. The van der Waals surface area contributed by atoms with Crippen LogP contribution in [0, 0.1) is 0 Å². The lowest BCUT2D eigenvalue weighted by molar-refractivity contribution is 0.0696. The first kappa shape index (κ1) is 23.4. The van der Waals surface area contributed by atoms with Gasteiger partial charge in [-0.15, -0.1) is 0 Å². The number of piperidine rings is 1. The van der Waals surface area contributed by atoms with E-state index in [1.807, 2.05) is 6.07 Å². The van der Waals surface area contributed by atoms with Gasteiger partial charge in [-0.1, -0.05) is 44.0 Å². The fourth-order valence-corrected chi connectivity index (χ4v) is 4.98. The zero-order valence-corrected chi connectivity index (χ0v) is 19.7. The molecule has 33 heavy (non-hydrogen) atoms.